The Morgan fingerprint density at radius 1 is 1.50 bits per heavy atom. The van der Waals surface area contributed by atoms with E-state index in [0.29, 0.717) is 0 Å². The summed E-state index contributed by atoms with van der Waals surface area (Å²) in [4.78, 5) is 12.3. The monoisotopic (exact) mass is 162 g/mol. The minimum atomic E-state index is 0.765. The molecule has 2 rings (SSSR count). The molecule has 0 saturated carbocycles. The molecule has 0 saturated heterocycles. The van der Waals surface area contributed by atoms with Gasteiger partial charge in [-0.1, -0.05) is 0 Å². The minimum absolute atomic E-state index is 0.765. The molecule has 0 bridgehead atoms. The molecule has 0 aromatic heterocycles. The Morgan fingerprint density at radius 3 is 3.08 bits per heavy atom. The lowest BCUT2D eigenvalue weighted by Gasteiger charge is -2.09. The van der Waals surface area contributed by atoms with Gasteiger partial charge in [0.1, 0.15) is 0 Å². The number of benzene rings is 1. The van der Waals surface area contributed by atoms with Gasteiger partial charge in [0.2, 0.25) is 6.41 Å². The van der Waals surface area contributed by atoms with Gasteiger partial charge in [-0.15, -0.1) is 0 Å². The number of amides is 1. The normalized spacial score (nSPS) is 14.5. The Morgan fingerprint density at radius 2 is 2.33 bits per heavy atom. The van der Waals surface area contributed by atoms with E-state index in [9.17, 15) is 4.79 Å². The zero-order valence-corrected chi connectivity index (χ0v) is 6.66. The van der Waals surface area contributed by atoms with Crippen LogP contribution in [0.3, 0.4) is 0 Å². The van der Waals surface area contributed by atoms with E-state index in [-0.39, 0.29) is 0 Å². The number of nitrogens with zero attached hydrogens (tertiary/aromatic N) is 1. The molecule has 0 spiro atoms. The fourth-order valence-electron chi connectivity index (χ4n) is 1.56. The maximum atomic E-state index is 10.5. The lowest BCUT2D eigenvalue weighted by molar-refractivity contribution is -0.107. The SMILES string of the molecule is Nc1ccc2c(c1)CCN2C=O. The van der Waals surface area contributed by atoms with Crippen LogP contribution in [0.4, 0.5) is 11.4 Å². The lowest BCUT2D eigenvalue weighted by atomic mass is 10.1. The van der Waals surface area contributed by atoms with Crippen molar-refractivity contribution in [1.82, 2.24) is 0 Å². The maximum absolute atomic E-state index is 10.5. The van der Waals surface area contributed by atoms with Gasteiger partial charge in [-0.3, -0.25) is 4.79 Å². The van der Waals surface area contributed by atoms with Gasteiger partial charge in [0.05, 0.1) is 0 Å². The number of nitrogen functional groups attached to an aromatic ring is 1. The summed E-state index contributed by atoms with van der Waals surface area (Å²) in [5.74, 6) is 0. The molecule has 62 valence electrons. The average molecular weight is 162 g/mol. The first-order valence-corrected chi connectivity index (χ1v) is 3.91. The van der Waals surface area contributed by atoms with Gasteiger partial charge in [0.15, 0.2) is 0 Å². The maximum Gasteiger partial charge on any atom is 0.214 e. The van der Waals surface area contributed by atoms with Crippen LogP contribution in [0.25, 0.3) is 0 Å². The first-order valence-electron chi connectivity index (χ1n) is 3.91. The van der Waals surface area contributed by atoms with Crippen LogP contribution >= 0.6 is 0 Å². The minimum Gasteiger partial charge on any atom is -0.399 e. The Hall–Kier alpha value is -1.51. The highest BCUT2D eigenvalue weighted by Gasteiger charge is 2.17. The summed E-state index contributed by atoms with van der Waals surface area (Å²) < 4.78 is 0. The van der Waals surface area contributed by atoms with Crippen molar-refractivity contribution in [3.63, 3.8) is 0 Å². The molecule has 0 unspecified atom stereocenters. The predicted octanol–water partition coefficient (Wildman–Crippen LogP) is 0.788. The van der Waals surface area contributed by atoms with E-state index in [2.05, 4.69) is 0 Å². The number of anilines is 2. The number of hydrogen-bond donors (Lipinski definition) is 1. The molecular formula is C9H10N2O. The Labute approximate surface area is 70.8 Å². The van der Waals surface area contributed by atoms with E-state index in [0.717, 1.165) is 30.8 Å². The molecule has 3 heteroatoms. The summed E-state index contributed by atoms with van der Waals surface area (Å²) in [5, 5.41) is 0. The van der Waals surface area contributed by atoms with Crippen LogP contribution in [0.1, 0.15) is 5.56 Å². The van der Waals surface area contributed by atoms with E-state index >= 15 is 0 Å². The molecule has 0 aliphatic carbocycles. The standard InChI is InChI=1S/C9H10N2O/c10-8-1-2-9-7(5-8)3-4-11(9)6-12/h1-2,5-6H,3-4,10H2. The largest absolute Gasteiger partial charge is 0.399 e. The fraction of sp³-hybridized carbons (Fsp3) is 0.222. The third-order valence-electron chi connectivity index (χ3n) is 2.16. The van der Waals surface area contributed by atoms with Crippen LogP contribution in [0.2, 0.25) is 0 Å². The molecule has 0 atom stereocenters. The number of carbonyl (C=O) groups excluding carboxylic acids is 1. The summed E-state index contributed by atoms with van der Waals surface area (Å²) in [6.07, 6.45) is 1.78. The zero-order valence-electron chi connectivity index (χ0n) is 6.66. The summed E-state index contributed by atoms with van der Waals surface area (Å²) in [6, 6.07) is 5.64. The van der Waals surface area contributed by atoms with Gasteiger partial charge in [-0.05, 0) is 30.2 Å². The van der Waals surface area contributed by atoms with Crippen molar-refractivity contribution in [3.8, 4) is 0 Å². The molecule has 1 heterocycles. The summed E-state index contributed by atoms with van der Waals surface area (Å²) in [5.41, 5.74) is 8.54. The van der Waals surface area contributed by atoms with Crippen molar-refractivity contribution in [2.75, 3.05) is 17.2 Å². The molecule has 1 aromatic rings. The van der Waals surface area contributed by atoms with Crippen molar-refractivity contribution < 1.29 is 4.79 Å². The fourth-order valence-corrected chi connectivity index (χ4v) is 1.56. The van der Waals surface area contributed by atoms with Gasteiger partial charge >= 0.3 is 0 Å². The number of carbonyl (C=O) groups is 1. The summed E-state index contributed by atoms with van der Waals surface area (Å²) in [6.45, 7) is 0.780. The van der Waals surface area contributed by atoms with E-state index in [1.165, 1.54) is 5.56 Å². The molecule has 0 radical (unpaired) electrons. The highest BCUT2D eigenvalue weighted by molar-refractivity contribution is 5.80. The average Bonchev–Trinajstić information content (AvgIpc) is 2.46. The van der Waals surface area contributed by atoms with Crippen molar-refractivity contribution in [2.24, 2.45) is 0 Å². The lowest BCUT2D eigenvalue weighted by Crippen LogP contribution is -2.17. The van der Waals surface area contributed by atoms with Crippen molar-refractivity contribution in [2.45, 2.75) is 6.42 Å². The first kappa shape index (κ1) is 7.16. The zero-order chi connectivity index (χ0) is 8.55. The third-order valence-corrected chi connectivity index (χ3v) is 2.16. The van der Waals surface area contributed by atoms with Gasteiger partial charge in [0, 0.05) is 17.9 Å². The Balaban J connectivity index is 2.47. The van der Waals surface area contributed by atoms with E-state index in [4.69, 9.17) is 5.73 Å². The number of nitrogens with two attached hydrogens (primary N) is 1. The molecule has 1 aromatic carbocycles. The number of fused-ring (bicyclic) bond motifs is 1. The highest BCUT2D eigenvalue weighted by atomic mass is 16.1. The Bertz CT molecular complexity index is 322. The van der Waals surface area contributed by atoms with E-state index < -0.39 is 0 Å². The van der Waals surface area contributed by atoms with Crippen LogP contribution in [0.15, 0.2) is 18.2 Å². The van der Waals surface area contributed by atoms with E-state index in [1.54, 1.807) is 4.90 Å². The van der Waals surface area contributed by atoms with Gasteiger partial charge < -0.3 is 10.6 Å². The molecule has 2 N–H and O–H groups in total. The third kappa shape index (κ3) is 0.942. The molecular weight excluding hydrogens is 152 g/mol. The van der Waals surface area contributed by atoms with Crippen LogP contribution in [0, 0.1) is 0 Å². The van der Waals surface area contributed by atoms with Crippen LogP contribution in [-0.4, -0.2) is 13.0 Å². The Kier molecular flexibility index (Phi) is 1.50. The van der Waals surface area contributed by atoms with Crippen molar-refractivity contribution in [1.29, 1.82) is 0 Å². The number of rotatable bonds is 1. The van der Waals surface area contributed by atoms with E-state index in [1.807, 2.05) is 18.2 Å². The van der Waals surface area contributed by atoms with Gasteiger partial charge in [0.25, 0.3) is 0 Å². The molecule has 3 nitrogen and oxygen atoms in total. The predicted molar refractivity (Wildman–Crippen MR) is 48.0 cm³/mol. The molecule has 1 amide bonds. The quantitative estimate of drug-likeness (QED) is 0.490. The first-order chi connectivity index (χ1) is 5.81. The highest BCUT2D eigenvalue weighted by Crippen LogP contribution is 2.27. The second kappa shape index (κ2) is 2.52. The van der Waals surface area contributed by atoms with Gasteiger partial charge in [-0.2, -0.15) is 0 Å². The second-order valence-electron chi connectivity index (χ2n) is 2.94. The van der Waals surface area contributed by atoms with Gasteiger partial charge in [-0.25, -0.2) is 0 Å². The number of hydrogen-bond acceptors (Lipinski definition) is 2. The van der Waals surface area contributed by atoms with Crippen LogP contribution in [-0.2, 0) is 11.2 Å². The molecule has 0 fully saturated rings. The smallest absolute Gasteiger partial charge is 0.214 e. The summed E-state index contributed by atoms with van der Waals surface area (Å²) in [7, 11) is 0. The topological polar surface area (TPSA) is 46.3 Å². The van der Waals surface area contributed by atoms with Crippen LogP contribution in [0.5, 0.6) is 0 Å². The molecule has 1 aliphatic rings. The molecule has 12 heavy (non-hydrogen) atoms. The summed E-state index contributed by atoms with van der Waals surface area (Å²) >= 11 is 0. The van der Waals surface area contributed by atoms with Crippen LogP contribution < -0.4 is 10.6 Å². The molecule has 1 aliphatic heterocycles. The second-order valence-corrected chi connectivity index (χ2v) is 2.94. The van der Waals surface area contributed by atoms with Crippen molar-refractivity contribution in [3.05, 3.63) is 23.8 Å². The van der Waals surface area contributed by atoms with Crippen molar-refractivity contribution >= 4 is 17.8 Å².